The Morgan fingerprint density at radius 1 is 1.12 bits per heavy atom. The lowest BCUT2D eigenvalue weighted by atomic mass is 9.78. The second-order valence-electron chi connectivity index (χ2n) is 6.29. The molecule has 0 spiro atoms. The number of hydrogen-bond acceptors (Lipinski definition) is 2. The second-order valence-corrected chi connectivity index (χ2v) is 6.29. The molecule has 126 valence electrons. The largest absolute Gasteiger partial charge is 0.496 e. The quantitative estimate of drug-likeness (QED) is 0.902. The van der Waals surface area contributed by atoms with E-state index in [2.05, 4.69) is 5.32 Å². The number of para-hydroxylation sites is 1. The number of amides is 1. The van der Waals surface area contributed by atoms with E-state index in [1.165, 1.54) is 12.1 Å². The van der Waals surface area contributed by atoms with Crippen LogP contribution in [0.25, 0.3) is 0 Å². The molecule has 0 saturated heterocycles. The smallest absolute Gasteiger partial charge is 0.230 e. The van der Waals surface area contributed by atoms with Gasteiger partial charge in [-0.05, 0) is 36.6 Å². The minimum absolute atomic E-state index is 0.0116. The van der Waals surface area contributed by atoms with Gasteiger partial charge in [0.25, 0.3) is 0 Å². The summed E-state index contributed by atoms with van der Waals surface area (Å²) in [5, 5.41) is 3.06. The average Bonchev–Trinajstić information content (AvgIpc) is 3.11. The standard InChI is InChI=1S/C20H22FNO2/c1-24-18-7-3-2-6-15(18)14-22-19(23)20(12-4-5-13-20)16-8-10-17(21)11-9-16/h2-3,6-11H,4-5,12-14H2,1H3,(H,22,23). The number of carbonyl (C=O) groups is 1. The maximum absolute atomic E-state index is 13.2. The predicted molar refractivity (Wildman–Crippen MR) is 91.4 cm³/mol. The van der Waals surface area contributed by atoms with Crippen LogP contribution < -0.4 is 10.1 Å². The van der Waals surface area contributed by atoms with Crippen LogP contribution in [0.15, 0.2) is 48.5 Å². The lowest BCUT2D eigenvalue weighted by molar-refractivity contribution is -0.126. The first-order valence-electron chi connectivity index (χ1n) is 8.32. The number of rotatable bonds is 5. The highest BCUT2D eigenvalue weighted by molar-refractivity contribution is 5.88. The van der Waals surface area contributed by atoms with E-state index in [0.29, 0.717) is 6.54 Å². The van der Waals surface area contributed by atoms with Gasteiger partial charge in [0.1, 0.15) is 11.6 Å². The number of benzene rings is 2. The van der Waals surface area contributed by atoms with Crippen LogP contribution in [0.3, 0.4) is 0 Å². The number of methoxy groups -OCH3 is 1. The summed E-state index contributed by atoms with van der Waals surface area (Å²) < 4.78 is 18.6. The van der Waals surface area contributed by atoms with Crippen molar-refractivity contribution in [2.45, 2.75) is 37.6 Å². The van der Waals surface area contributed by atoms with Gasteiger partial charge in [-0.3, -0.25) is 4.79 Å². The number of halogens is 1. The maximum atomic E-state index is 13.2. The molecule has 0 aliphatic heterocycles. The summed E-state index contributed by atoms with van der Waals surface area (Å²) in [6, 6.07) is 14.0. The molecule has 3 nitrogen and oxygen atoms in total. The van der Waals surface area contributed by atoms with E-state index in [9.17, 15) is 9.18 Å². The van der Waals surface area contributed by atoms with E-state index in [0.717, 1.165) is 42.6 Å². The monoisotopic (exact) mass is 327 g/mol. The summed E-state index contributed by atoms with van der Waals surface area (Å²) in [5.74, 6) is 0.499. The van der Waals surface area contributed by atoms with Crippen LogP contribution >= 0.6 is 0 Å². The summed E-state index contributed by atoms with van der Waals surface area (Å²) in [6.07, 6.45) is 3.63. The lowest BCUT2D eigenvalue weighted by Gasteiger charge is -2.28. The van der Waals surface area contributed by atoms with Crippen LogP contribution in [0.4, 0.5) is 4.39 Å². The van der Waals surface area contributed by atoms with Crippen LogP contribution in [-0.4, -0.2) is 13.0 Å². The minimum atomic E-state index is -0.546. The number of hydrogen-bond donors (Lipinski definition) is 1. The van der Waals surface area contributed by atoms with Crippen molar-refractivity contribution in [3.63, 3.8) is 0 Å². The molecular formula is C20H22FNO2. The highest BCUT2D eigenvalue weighted by atomic mass is 19.1. The number of nitrogens with one attached hydrogen (secondary N) is 1. The summed E-state index contributed by atoms with van der Waals surface area (Å²) in [6.45, 7) is 0.422. The molecule has 1 amide bonds. The van der Waals surface area contributed by atoms with Crippen molar-refractivity contribution in [3.8, 4) is 5.75 Å². The third-order valence-electron chi connectivity index (χ3n) is 4.92. The van der Waals surface area contributed by atoms with E-state index in [1.807, 2.05) is 24.3 Å². The van der Waals surface area contributed by atoms with Crippen LogP contribution in [0, 0.1) is 5.82 Å². The Bertz CT molecular complexity index is 706. The van der Waals surface area contributed by atoms with Crippen LogP contribution in [0.2, 0.25) is 0 Å². The molecule has 0 radical (unpaired) electrons. The van der Waals surface area contributed by atoms with Gasteiger partial charge < -0.3 is 10.1 Å². The van der Waals surface area contributed by atoms with Gasteiger partial charge in [-0.15, -0.1) is 0 Å². The third-order valence-corrected chi connectivity index (χ3v) is 4.92. The van der Waals surface area contributed by atoms with Gasteiger partial charge in [0.2, 0.25) is 5.91 Å². The second kappa shape index (κ2) is 7.04. The van der Waals surface area contributed by atoms with Crippen molar-refractivity contribution >= 4 is 5.91 Å². The van der Waals surface area contributed by atoms with Crippen molar-refractivity contribution in [2.24, 2.45) is 0 Å². The van der Waals surface area contributed by atoms with Gasteiger partial charge in [-0.1, -0.05) is 43.2 Å². The van der Waals surface area contributed by atoms with Crippen molar-refractivity contribution in [1.29, 1.82) is 0 Å². The molecule has 24 heavy (non-hydrogen) atoms. The molecule has 4 heteroatoms. The van der Waals surface area contributed by atoms with Crippen LogP contribution in [0.1, 0.15) is 36.8 Å². The lowest BCUT2D eigenvalue weighted by Crippen LogP contribution is -2.42. The topological polar surface area (TPSA) is 38.3 Å². The first-order chi connectivity index (χ1) is 11.7. The van der Waals surface area contributed by atoms with Gasteiger partial charge in [-0.2, -0.15) is 0 Å². The average molecular weight is 327 g/mol. The molecule has 1 saturated carbocycles. The van der Waals surface area contributed by atoms with E-state index >= 15 is 0 Å². The molecule has 0 unspecified atom stereocenters. The number of ether oxygens (including phenoxy) is 1. The van der Waals surface area contributed by atoms with Gasteiger partial charge in [-0.25, -0.2) is 4.39 Å². The Morgan fingerprint density at radius 3 is 2.46 bits per heavy atom. The molecule has 1 aliphatic carbocycles. The van der Waals surface area contributed by atoms with Crippen molar-refractivity contribution < 1.29 is 13.9 Å². The molecule has 1 fully saturated rings. The molecule has 2 aromatic rings. The van der Waals surface area contributed by atoms with E-state index in [1.54, 1.807) is 19.2 Å². The highest BCUT2D eigenvalue weighted by Crippen LogP contribution is 2.41. The molecule has 1 aliphatic rings. The van der Waals surface area contributed by atoms with E-state index in [4.69, 9.17) is 4.74 Å². The molecule has 0 heterocycles. The van der Waals surface area contributed by atoms with Crippen molar-refractivity contribution in [1.82, 2.24) is 5.32 Å². The Morgan fingerprint density at radius 2 is 1.79 bits per heavy atom. The summed E-state index contributed by atoms with van der Waals surface area (Å²) >= 11 is 0. The fourth-order valence-electron chi connectivity index (χ4n) is 3.59. The number of carbonyl (C=O) groups excluding carboxylic acids is 1. The summed E-state index contributed by atoms with van der Waals surface area (Å²) in [5.41, 5.74) is 1.30. The maximum Gasteiger partial charge on any atom is 0.230 e. The Kier molecular flexibility index (Phi) is 4.84. The molecule has 0 atom stereocenters. The molecule has 0 aromatic heterocycles. The normalized spacial score (nSPS) is 15.9. The van der Waals surface area contributed by atoms with Crippen molar-refractivity contribution in [2.75, 3.05) is 7.11 Å². The summed E-state index contributed by atoms with van der Waals surface area (Å²) in [7, 11) is 1.62. The van der Waals surface area contributed by atoms with Crippen LogP contribution in [0.5, 0.6) is 5.75 Å². The zero-order valence-electron chi connectivity index (χ0n) is 13.8. The first-order valence-corrected chi connectivity index (χ1v) is 8.32. The zero-order chi connectivity index (χ0) is 17.0. The van der Waals surface area contributed by atoms with Gasteiger partial charge >= 0.3 is 0 Å². The first kappa shape index (κ1) is 16.5. The minimum Gasteiger partial charge on any atom is -0.496 e. The predicted octanol–water partition coefficient (Wildman–Crippen LogP) is 3.96. The Balaban J connectivity index is 1.79. The molecule has 0 bridgehead atoms. The molecule has 2 aromatic carbocycles. The van der Waals surface area contributed by atoms with Crippen molar-refractivity contribution in [3.05, 3.63) is 65.5 Å². The SMILES string of the molecule is COc1ccccc1CNC(=O)C1(c2ccc(F)cc2)CCCC1. The fraction of sp³-hybridized carbons (Fsp3) is 0.350. The van der Waals surface area contributed by atoms with Gasteiger partial charge in [0.15, 0.2) is 0 Å². The Hall–Kier alpha value is -2.36. The zero-order valence-corrected chi connectivity index (χ0v) is 13.8. The van der Waals surface area contributed by atoms with E-state index < -0.39 is 5.41 Å². The molecule has 1 N–H and O–H groups in total. The Labute approximate surface area is 141 Å². The van der Waals surface area contributed by atoms with E-state index in [-0.39, 0.29) is 11.7 Å². The molecular weight excluding hydrogens is 305 g/mol. The molecule has 3 rings (SSSR count). The highest BCUT2D eigenvalue weighted by Gasteiger charge is 2.42. The fourth-order valence-corrected chi connectivity index (χ4v) is 3.59. The third kappa shape index (κ3) is 3.14. The van der Waals surface area contributed by atoms with Crippen LogP contribution in [-0.2, 0) is 16.8 Å². The summed E-state index contributed by atoms with van der Waals surface area (Å²) in [4.78, 5) is 13.0. The van der Waals surface area contributed by atoms with Gasteiger partial charge in [0.05, 0.1) is 12.5 Å². The van der Waals surface area contributed by atoms with Gasteiger partial charge in [0, 0.05) is 12.1 Å².